The van der Waals surface area contributed by atoms with Gasteiger partial charge in [-0.2, -0.15) is 0 Å². The van der Waals surface area contributed by atoms with Crippen molar-refractivity contribution in [1.82, 2.24) is 0 Å². The lowest BCUT2D eigenvalue weighted by Crippen LogP contribution is -1.76. The molecule has 2 nitrogen and oxygen atoms in total. The van der Waals surface area contributed by atoms with E-state index in [2.05, 4.69) is 36.9 Å². The van der Waals surface area contributed by atoms with Crippen LogP contribution in [-0.2, 0) is 0 Å². The molecule has 1 aromatic carbocycles. The molecule has 0 spiro atoms. The lowest BCUT2D eigenvalue weighted by Gasteiger charge is -1.96. The summed E-state index contributed by atoms with van der Waals surface area (Å²) in [6.45, 7) is 2.03. The molecule has 4 heteroatoms. The molecule has 0 aliphatic carbocycles. The first-order valence-corrected chi connectivity index (χ1v) is 6.30. The van der Waals surface area contributed by atoms with Gasteiger partial charge in [0.15, 0.2) is 4.67 Å². The molecule has 16 heavy (non-hydrogen) atoms. The van der Waals surface area contributed by atoms with Gasteiger partial charge in [-0.1, -0.05) is 18.2 Å². The number of hydrogen-bond acceptors (Lipinski definition) is 2. The van der Waals surface area contributed by atoms with Crippen molar-refractivity contribution in [2.24, 2.45) is 4.99 Å². The predicted octanol–water partition coefficient (Wildman–Crippen LogP) is 4.86. The number of furan rings is 1. The Hall–Kier alpha value is -0.870. The number of halogens is 2. The number of para-hydroxylation sites is 1. The molecule has 0 saturated carbocycles. The highest BCUT2D eigenvalue weighted by molar-refractivity contribution is 9.13. The van der Waals surface area contributed by atoms with Crippen molar-refractivity contribution in [2.45, 2.75) is 6.92 Å². The first kappa shape index (κ1) is 11.6. The number of nitrogens with zero attached hydrogens (tertiary/aromatic N) is 1. The molecular formula is C12H9Br2NO. The Morgan fingerprint density at radius 2 is 2.00 bits per heavy atom. The molecule has 0 N–H and O–H groups in total. The summed E-state index contributed by atoms with van der Waals surface area (Å²) in [6.07, 6.45) is 1.71. The van der Waals surface area contributed by atoms with Gasteiger partial charge >= 0.3 is 0 Å². The second kappa shape index (κ2) is 4.97. The lowest BCUT2D eigenvalue weighted by atomic mass is 10.2. The van der Waals surface area contributed by atoms with Crippen molar-refractivity contribution in [3.63, 3.8) is 0 Å². The van der Waals surface area contributed by atoms with E-state index in [0.717, 1.165) is 15.7 Å². The maximum Gasteiger partial charge on any atom is 0.184 e. The molecule has 82 valence electrons. The molecule has 2 aromatic rings. The zero-order valence-corrected chi connectivity index (χ0v) is 11.7. The summed E-state index contributed by atoms with van der Waals surface area (Å²) in [5.41, 5.74) is 2.09. The van der Waals surface area contributed by atoms with Gasteiger partial charge in [0.25, 0.3) is 0 Å². The number of aliphatic imine (C=N–C) groups is 1. The van der Waals surface area contributed by atoms with E-state index in [1.54, 1.807) is 6.21 Å². The smallest absolute Gasteiger partial charge is 0.184 e. The lowest BCUT2D eigenvalue weighted by molar-refractivity contribution is 0.533. The molecule has 1 heterocycles. The highest BCUT2D eigenvalue weighted by Crippen LogP contribution is 2.26. The maximum absolute atomic E-state index is 5.40. The fourth-order valence-corrected chi connectivity index (χ4v) is 1.88. The summed E-state index contributed by atoms with van der Waals surface area (Å²) in [5, 5.41) is 0. The summed E-state index contributed by atoms with van der Waals surface area (Å²) in [6, 6.07) is 9.83. The van der Waals surface area contributed by atoms with E-state index in [4.69, 9.17) is 4.42 Å². The van der Waals surface area contributed by atoms with Crippen molar-refractivity contribution >= 4 is 43.8 Å². The van der Waals surface area contributed by atoms with Crippen LogP contribution in [0.15, 0.2) is 48.9 Å². The molecule has 0 unspecified atom stereocenters. The molecule has 0 radical (unpaired) electrons. The Morgan fingerprint density at radius 1 is 1.25 bits per heavy atom. The highest BCUT2D eigenvalue weighted by Gasteiger charge is 2.03. The van der Waals surface area contributed by atoms with Crippen LogP contribution in [0, 0.1) is 6.92 Å². The normalized spacial score (nSPS) is 11.2. The predicted molar refractivity (Wildman–Crippen MR) is 72.5 cm³/mol. The van der Waals surface area contributed by atoms with Gasteiger partial charge in [-0.3, -0.25) is 4.99 Å². The van der Waals surface area contributed by atoms with Crippen LogP contribution in [0.1, 0.15) is 11.3 Å². The van der Waals surface area contributed by atoms with Gasteiger partial charge in [0, 0.05) is 6.07 Å². The minimum atomic E-state index is 0.679. The third-order valence-corrected chi connectivity index (χ3v) is 3.82. The molecular weight excluding hydrogens is 334 g/mol. The van der Waals surface area contributed by atoms with Gasteiger partial charge in [-0.05, 0) is 50.4 Å². The molecule has 1 aromatic heterocycles. The van der Waals surface area contributed by atoms with E-state index in [9.17, 15) is 0 Å². The van der Waals surface area contributed by atoms with Crippen molar-refractivity contribution in [2.75, 3.05) is 0 Å². The van der Waals surface area contributed by atoms with Crippen LogP contribution in [0.2, 0.25) is 0 Å². The van der Waals surface area contributed by atoms with Crippen LogP contribution >= 0.6 is 31.9 Å². The number of hydrogen-bond donors (Lipinski definition) is 0. The van der Waals surface area contributed by atoms with Crippen LogP contribution < -0.4 is 0 Å². The van der Waals surface area contributed by atoms with E-state index in [0.29, 0.717) is 10.4 Å². The zero-order chi connectivity index (χ0) is 11.5. The number of rotatable bonds is 2. The Morgan fingerprint density at radius 3 is 2.62 bits per heavy atom. The molecule has 0 atom stereocenters. The minimum absolute atomic E-state index is 0.679. The molecule has 0 aliphatic heterocycles. The summed E-state index contributed by atoms with van der Waals surface area (Å²) in [7, 11) is 0. The molecule has 0 aliphatic rings. The monoisotopic (exact) mass is 341 g/mol. The van der Waals surface area contributed by atoms with Crippen LogP contribution in [0.25, 0.3) is 0 Å². The van der Waals surface area contributed by atoms with E-state index >= 15 is 0 Å². The van der Waals surface area contributed by atoms with Crippen LogP contribution in [-0.4, -0.2) is 6.21 Å². The Kier molecular flexibility index (Phi) is 3.61. The van der Waals surface area contributed by atoms with Crippen molar-refractivity contribution in [3.05, 3.63) is 50.8 Å². The second-order valence-electron chi connectivity index (χ2n) is 3.32. The fourth-order valence-electron chi connectivity index (χ4n) is 1.27. The maximum atomic E-state index is 5.40. The van der Waals surface area contributed by atoms with Crippen LogP contribution in [0.4, 0.5) is 5.69 Å². The Labute approximate surface area is 111 Å². The quantitative estimate of drug-likeness (QED) is 0.715. The molecule has 2 rings (SSSR count). The Balaban J connectivity index is 2.25. The third kappa shape index (κ3) is 2.62. The topological polar surface area (TPSA) is 25.5 Å². The van der Waals surface area contributed by atoms with E-state index in [1.807, 2.05) is 37.3 Å². The largest absolute Gasteiger partial charge is 0.447 e. The second-order valence-corrected chi connectivity index (χ2v) is 4.89. The Bertz CT molecular complexity index is 512. The number of aryl methyl sites for hydroxylation is 1. The van der Waals surface area contributed by atoms with Gasteiger partial charge in [-0.15, -0.1) is 0 Å². The summed E-state index contributed by atoms with van der Waals surface area (Å²) >= 11 is 6.64. The fraction of sp³-hybridized carbons (Fsp3) is 0.0833. The van der Waals surface area contributed by atoms with Crippen molar-refractivity contribution in [3.8, 4) is 0 Å². The zero-order valence-electron chi connectivity index (χ0n) is 8.58. The minimum Gasteiger partial charge on any atom is -0.447 e. The molecule has 0 amide bonds. The molecule has 0 bridgehead atoms. The van der Waals surface area contributed by atoms with Gasteiger partial charge in [0.1, 0.15) is 5.76 Å². The molecule has 0 fully saturated rings. The van der Waals surface area contributed by atoms with Gasteiger partial charge < -0.3 is 4.42 Å². The van der Waals surface area contributed by atoms with Gasteiger partial charge in [0.05, 0.1) is 16.4 Å². The average molecular weight is 343 g/mol. The summed E-state index contributed by atoms with van der Waals surface area (Å²) in [5.74, 6) is 0.710. The standard InChI is InChI=1S/C12H9Br2NO/c1-8-4-2-3-5-11(8)15-7-9-6-10(13)12(14)16-9/h2-7H,1H3. The van der Waals surface area contributed by atoms with E-state index < -0.39 is 0 Å². The third-order valence-electron chi connectivity index (χ3n) is 2.11. The van der Waals surface area contributed by atoms with Gasteiger partial charge in [0.2, 0.25) is 0 Å². The highest BCUT2D eigenvalue weighted by atomic mass is 79.9. The van der Waals surface area contributed by atoms with E-state index in [-0.39, 0.29) is 0 Å². The average Bonchev–Trinajstić information content (AvgIpc) is 2.57. The number of benzene rings is 1. The van der Waals surface area contributed by atoms with Crippen LogP contribution in [0.3, 0.4) is 0 Å². The SMILES string of the molecule is Cc1ccccc1N=Cc1cc(Br)c(Br)o1. The summed E-state index contributed by atoms with van der Waals surface area (Å²) < 4.78 is 6.96. The molecule has 0 saturated heterocycles. The van der Waals surface area contributed by atoms with E-state index in [1.165, 1.54) is 0 Å². The first-order chi connectivity index (χ1) is 7.66. The van der Waals surface area contributed by atoms with Crippen molar-refractivity contribution in [1.29, 1.82) is 0 Å². The first-order valence-electron chi connectivity index (χ1n) is 4.71. The summed E-state index contributed by atoms with van der Waals surface area (Å²) in [4.78, 5) is 4.37. The van der Waals surface area contributed by atoms with Crippen LogP contribution in [0.5, 0.6) is 0 Å². The van der Waals surface area contributed by atoms with Gasteiger partial charge in [-0.25, -0.2) is 0 Å². The van der Waals surface area contributed by atoms with Crippen molar-refractivity contribution < 1.29 is 4.42 Å².